The van der Waals surface area contributed by atoms with Crippen LogP contribution in [0.4, 0.5) is 4.79 Å². The fraction of sp³-hybridized carbons (Fsp3) is 0.500. The van der Waals surface area contributed by atoms with Gasteiger partial charge in [0, 0.05) is 19.2 Å². The number of carbonyl (C=O) groups is 1. The van der Waals surface area contributed by atoms with Gasteiger partial charge in [-0.3, -0.25) is 0 Å². The number of carbonyl (C=O) groups excluding carboxylic acids is 1. The van der Waals surface area contributed by atoms with Crippen LogP contribution in [0.2, 0.25) is 0 Å². The number of methoxy groups -OCH3 is 1. The third-order valence-corrected chi connectivity index (χ3v) is 3.59. The average molecular weight is 345 g/mol. The first-order valence-electron chi connectivity index (χ1n) is 6.58. The Morgan fingerprint density at radius 3 is 2.80 bits per heavy atom. The third-order valence-electron chi connectivity index (χ3n) is 2.97. The maximum Gasteiger partial charge on any atom is 0.315 e. The molecule has 0 fully saturated rings. The first-order chi connectivity index (χ1) is 9.60. The molecule has 1 rings (SSSR count). The number of benzene rings is 1. The normalized spacial score (nSPS) is 11.8. The minimum absolute atomic E-state index is 0.00241. The van der Waals surface area contributed by atoms with Crippen LogP contribution in [-0.4, -0.2) is 30.9 Å². The smallest absolute Gasteiger partial charge is 0.315 e. The number of hydrogen-bond donors (Lipinski definition) is 3. The number of hydrogen-bond acceptors (Lipinski definition) is 3. The van der Waals surface area contributed by atoms with Crippen LogP contribution in [0.1, 0.15) is 25.3 Å². The predicted octanol–water partition coefficient (Wildman–Crippen LogP) is 2.42. The van der Waals surface area contributed by atoms with Crippen molar-refractivity contribution in [1.29, 1.82) is 0 Å². The van der Waals surface area contributed by atoms with Gasteiger partial charge in [-0.2, -0.15) is 0 Å². The van der Waals surface area contributed by atoms with E-state index in [2.05, 4.69) is 26.6 Å². The highest BCUT2D eigenvalue weighted by Crippen LogP contribution is 2.25. The highest BCUT2D eigenvalue weighted by molar-refractivity contribution is 9.10. The molecule has 20 heavy (non-hydrogen) atoms. The summed E-state index contributed by atoms with van der Waals surface area (Å²) >= 11 is 3.41. The van der Waals surface area contributed by atoms with E-state index in [0.717, 1.165) is 22.2 Å². The van der Waals surface area contributed by atoms with Gasteiger partial charge in [0.1, 0.15) is 5.75 Å². The van der Waals surface area contributed by atoms with Crippen LogP contribution in [0.25, 0.3) is 0 Å². The molecule has 1 unspecified atom stereocenters. The molecule has 0 spiro atoms. The standard InChI is InChI=1S/C14H21BrN2O3/c1-3-11(6-7-18)17-14(19)16-9-10-4-5-13(20-2)12(15)8-10/h4-5,8,11,18H,3,6-7,9H2,1-2H3,(H2,16,17,19). The largest absolute Gasteiger partial charge is 0.496 e. The van der Waals surface area contributed by atoms with Gasteiger partial charge in [0.2, 0.25) is 0 Å². The van der Waals surface area contributed by atoms with E-state index >= 15 is 0 Å². The van der Waals surface area contributed by atoms with Crippen molar-refractivity contribution in [2.75, 3.05) is 13.7 Å². The summed E-state index contributed by atoms with van der Waals surface area (Å²) in [5.74, 6) is 0.757. The summed E-state index contributed by atoms with van der Waals surface area (Å²) in [6.07, 6.45) is 1.36. The quantitative estimate of drug-likeness (QED) is 0.711. The van der Waals surface area contributed by atoms with E-state index in [1.807, 2.05) is 25.1 Å². The molecule has 5 nitrogen and oxygen atoms in total. The molecule has 0 aliphatic carbocycles. The SMILES string of the molecule is CCC(CCO)NC(=O)NCc1ccc(OC)c(Br)c1. The average Bonchev–Trinajstić information content (AvgIpc) is 2.44. The summed E-state index contributed by atoms with van der Waals surface area (Å²) in [7, 11) is 1.61. The van der Waals surface area contributed by atoms with Crippen molar-refractivity contribution in [2.24, 2.45) is 0 Å². The van der Waals surface area contributed by atoms with E-state index in [-0.39, 0.29) is 18.7 Å². The summed E-state index contributed by atoms with van der Waals surface area (Å²) in [6, 6.07) is 5.43. The van der Waals surface area contributed by atoms with Crippen LogP contribution in [0, 0.1) is 0 Å². The van der Waals surface area contributed by atoms with Crippen molar-refractivity contribution in [3.63, 3.8) is 0 Å². The number of urea groups is 1. The van der Waals surface area contributed by atoms with Gasteiger partial charge in [0.05, 0.1) is 11.6 Å². The van der Waals surface area contributed by atoms with Gasteiger partial charge in [-0.25, -0.2) is 4.79 Å². The lowest BCUT2D eigenvalue weighted by atomic mass is 10.1. The Hall–Kier alpha value is -1.27. The third kappa shape index (κ3) is 5.38. The summed E-state index contributed by atoms with van der Waals surface area (Å²) in [5, 5.41) is 14.5. The van der Waals surface area contributed by atoms with E-state index in [4.69, 9.17) is 9.84 Å². The first-order valence-corrected chi connectivity index (χ1v) is 7.37. The fourth-order valence-electron chi connectivity index (χ4n) is 1.77. The van der Waals surface area contributed by atoms with Gasteiger partial charge in [-0.1, -0.05) is 13.0 Å². The maximum absolute atomic E-state index is 11.7. The van der Waals surface area contributed by atoms with Crippen molar-refractivity contribution in [1.82, 2.24) is 10.6 Å². The minimum Gasteiger partial charge on any atom is -0.496 e. The van der Waals surface area contributed by atoms with E-state index < -0.39 is 0 Å². The summed E-state index contributed by atoms with van der Waals surface area (Å²) < 4.78 is 6.00. The molecule has 6 heteroatoms. The molecule has 0 aliphatic heterocycles. The van der Waals surface area contributed by atoms with Crippen molar-refractivity contribution in [3.05, 3.63) is 28.2 Å². The lowest BCUT2D eigenvalue weighted by Gasteiger charge is -2.16. The number of ether oxygens (including phenoxy) is 1. The van der Waals surface area contributed by atoms with E-state index in [1.54, 1.807) is 7.11 Å². The lowest BCUT2D eigenvalue weighted by molar-refractivity contribution is 0.227. The zero-order chi connectivity index (χ0) is 15.0. The molecule has 1 aromatic carbocycles. The van der Waals surface area contributed by atoms with Crippen LogP contribution in [0.3, 0.4) is 0 Å². The fourth-order valence-corrected chi connectivity index (χ4v) is 2.36. The molecule has 3 N–H and O–H groups in total. The zero-order valence-electron chi connectivity index (χ0n) is 11.8. The Balaban J connectivity index is 2.46. The van der Waals surface area contributed by atoms with Crippen molar-refractivity contribution >= 4 is 22.0 Å². The summed E-state index contributed by atoms with van der Waals surface area (Å²) in [5.41, 5.74) is 0.975. The van der Waals surface area contributed by atoms with Crippen LogP contribution in [-0.2, 0) is 6.54 Å². The number of amides is 2. The van der Waals surface area contributed by atoms with Gasteiger partial charge in [0.15, 0.2) is 0 Å². The molecule has 1 aromatic rings. The molecule has 0 saturated carbocycles. The van der Waals surface area contributed by atoms with Gasteiger partial charge < -0.3 is 20.5 Å². The molecule has 0 saturated heterocycles. The molecule has 2 amide bonds. The number of aliphatic hydroxyl groups is 1. The molecule has 0 heterocycles. The lowest BCUT2D eigenvalue weighted by Crippen LogP contribution is -2.41. The number of halogens is 1. The molecular formula is C14H21BrN2O3. The first kappa shape index (κ1) is 16.8. The Morgan fingerprint density at radius 2 is 2.25 bits per heavy atom. The monoisotopic (exact) mass is 344 g/mol. The second-order valence-electron chi connectivity index (χ2n) is 4.41. The number of rotatable bonds is 7. The van der Waals surface area contributed by atoms with Crippen molar-refractivity contribution in [2.45, 2.75) is 32.4 Å². The molecule has 0 aliphatic rings. The minimum atomic E-state index is -0.225. The Labute approximate surface area is 127 Å². The van der Waals surface area contributed by atoms with E-state index in [0.29, 0.717) is 13.0 Å². The van der Waals surface area contributed by atoms with Gasteiger partial charge in [-0.15, -0.1) is 0 Å². The maximum atomic E-state index is 11.7. The highest BCUT2D eigenvalue weighted by atomic mass is 79.9. The molecular weight excluding hydrogens is 324 g/mol. The zero-order valence-corrected chi connectivity index (χ0v) is 13.4. The van der Waals surface area contributed by atoms with Gasteiger partial charge in [-0.05, 0) is 46.5 Å². The summed E-state index contributed by atoms with van der Waals surface area (Å²) in [4.78, 5) is 11.7. The van der Waals surface area contributed by atoms with Gasteiger partial charge >= 0.3 is 6.03 Å². The molecule has 0 aromatic heterocycles. The topological polar surface area (TPSA) is 70.6 Å². The Morgan fingerprint density at radius 1 is 1.50 bits per heavy atom. The predicted molar refractivity (Wildman–Crippen MR) is 81.8 cm³/mol. The Kier molecular flexibility index (Phi) is 7.40. The van der Waals surface area contributed by atoms with E-state index in [9.17, 15) is 4.79 Å². The summed E-state index contributed by atoms with van der Waals surface area (Å²) in [6.45, 7) is 2.48. The molecule has 1 atom stereocenters. The van der Waals surface area contributed by atoms with Gasteiger partial charge in [0.25, 0.3) is 0 Å². The molecule has 0 bridgehead atoms. The van der Waals surface area contributed by atoms with Crippen molar-refractivity contribution < 1.29 is 14.6 Å². The van der Waals surface area contributed by atoms with Crippen LogP contribution < -0.4 is 15.4 Å². The second kappa shape index (κ2) is 8.81. The van der Waals surface area contributed by atoms with E-state index in [1.165, 1.54) is 0 Å². The second-order valence-corrected chi connectivity index (χ2v) is 5.27. The molecule has 0 radical (unpaired) electrons. The Bertz CT molecular complexity index is 440. The van der Waals surface area contributed by atoms with Crippen LogP contribution in [0.15, 0.2) is 22.7 Å². The highest BCUT2D eigenvalue weighted by Gasteiger charge is 2.09. The molecule has 112 valence electrons. The number of nitrogens with one attached hydrogen (secondary N) is 2. The van der Waals surface area contributed by atoms with Crippen LogP contribution >= 0.6 is 15.9 Å². The van der Waals surface area contributed by atoms with Crippen molar-refractivity contribution in [3.8, 4) is 5.75 Å². The van der Waals surface area contributed by atoms with Crippen LogP contribution in [0.5, 0.6) is 5.75 Å². The number of aliphatic hydroxyl groups excluding tert-OH is 1.